The van der Waals surface area contributed by atoms with Gasteiger partial charge in [-0.3, -0.25) is 19.7 Å². The van der Waals surface area contributed by atoms with Gasteiger partial charge < -0.3 is 15.0 Å². The Labute approximate surface area is 200 Å². The highest BCUT2D eigenvalue weighted by Crippen LogP contribution is 2.44. The number of carbonyl (C=O) groups is 3. The van der Waals surface area contributed by atoms with Gasteiger partial charge in [-0.2, -0.15) is 5.26 Å². The topological polar surface area (TPSA) is 112 Å². The molecular formula is C26H32N4O4. The minimum Gasteiger partial charge on any atom is -0.489 e. The third kappa shape index (κ3) is 4.41. The second kappa shape index (κ2) is 9.03. The minimum atomic E-state index is -0.608. The number of hydrogen-bond donors (Lipinski definition) is 2. The summed E-state index contributed by atoms with van der Waals surface area (Å²) in [6.07, 6.45) is 6.95. The lowest BCUT2D eigenvalue weighted by molar-refractivity contribution is -0.136. The van der Waals surface area contributed by atoms with E-state index in [1.54, 1.807) is 11.0 Å². The fraction of sp³-hybridized carbons (Fsp3) is 0.615. The fourth-order valence-electron chi connectivity index (χ4n) is 6.04. The highest BCUT2D eigenvalue weighted by atomic mass is 16.5. The lowest BCUT2D eigenvalue weighted by Crippen LogP contribution is -2.52. The summed E-state index contributed by atoms with van der Waals surface area (Å²) < 4.78 is 6.42. The van der Waals surface area contributed by atoms with Gasteiger partial charge in [-0.25, -0.2) is 0 Å². The number of imide groups is 1. The van der Waals surface area contributed by atoms with Gasteiger partial charge in [-0.05, 0) is 81.7 Å². The smallest absolute Gasteiger partial charge is 0.255 e. The largest absolute Gasteiger partial charge is 0.489 e. The first-order chi connectivity index (χ1) is 16.3. The van der Waals surface area contributed by atoms with E-state index in [1.165, 1.54) is 6.42 Å². The predicted octanol–water partition coefficient (Wildman–Crippen LogP) is 2.67. The first-order valence-electron chi connectivity index (χ1n) is 12.4. The molecule has 1 aromatic rings. The zero-order chi connectivity index (χ0) is 23.9. The molecule has 0 aromatic heterocycles. The Balaban J connectivity index is 1.21. The van der Waals surface area contributed by atoms with Crippen LogP contribution in [-0.4, -0.2) is 47.4 Å². The fourth-order valence-corrected chi connectivity index (χ4v) is 6.04. The van der Waals surface area contributed by atoms with Crippen molar-refractivity contribution in [2.45, 2.75) is 83.0 Å². The molecule has 2 aliphatic heterocycles. The molecule has 2 saturated carbocycles. The number of nitrogens with one attached hydrogen (secondary N) is 2. The van der Waals surface area contributed by atoms with Gasteiger partial charge in [0.25, 0.3) is 5.91 Å². The summed E-state index contributed by atoms with van der Waals surface area (Å²) in [5.41, 5.74) is 1.30. The molecule has 34 heavy (non-hydrogen) atoms. The maximum atomic E-state index is 12.9. The van der Waals surface area contributed by atoms with Crippen molar-refractivity contribution in [1.82, 2.24) is 15.5 Å². The summed E-state index contributed by atoms with van der Waals surface area (Å²) >= 11 is 0. The van der Waals surface area contributed by atoms with Crippen LogP contribution in [0.2, 0.25) is 0 Å². The van der Waals surface area contributed by atoms with Gasteiger partial charge in [-0.15, -0.1) is 0 Å². The van der Waals surface area contributed by atoms with Crippen LogP contribution in [0.3, 0.4) is 0 Å². The first-order valence-corrected chi connectivity index (χ1v) is 12.4. The molecule has 2 heterocycles. The molecule has 3 atom stereocenters. The number of rotatable bonds is 6. The van der Waals surface area contributed by atoms with E-state index < -0.39 is 11.9 Å². The van der Waals surface area contributed by atoms with Crippen LogP contribution in [0.4, 0.5) is 0 Å². The predicted molar refractivity (Wildman–Crippen MR) is 124 cm³/mol. The second-order valence-electron chi connectivity index (χ2n) is 10.6. The van der Waals surface area contributed by atoms with E-state index in [0.717, 1.165) is 50.0 Å². The van der Waals surface area contributed by atoms with Crippen molar-refractivity contribution in [3.63, 3.8) is 0 Å². The third-order valence-corrected chi connectivity index (χ3v) is 7.90. The Morgan fingerprint density at radius 3 is 2.76 bits per heavy atom. The van der Waals surface area contributed by atoms with E-state index in [9.17, 15) is 19.6 Å². The first kappa shape index (κ1) is 22.9. The van der Waals surface area contributed by atoms with Crippen molar-refractivity contribution in [2.24, 2.45) is 11.3 Å². The molecule has 0 spiro atoms. The van der Waals surface area contributed by atoms with E-state index in [1.807, 2.05) is 19.1 Å². The standard InChI is InChI=1S/C26H32N4O4/c1-26(15-27)11-16(12-26)13-28-20-4-2-3-5-22(20)34-18-6-7-19-17(10-18)14-30(25(19)33)21-8-9-23(31)29-24(21)32/h6-7,10,16,20-22,28H,2-5,8-9,11-14H2,1H3,(H,29,31,32)/t16?,20-,21-,22?,26?/m0/s1. The Bertz CT molecular complexity index is 1040. The SMILES string of the molecule is CC1(C#N)CC(CN[C@H]2CCCCC2Oc2ccc3c(c2)CN([C@H]2CCC(=O)NC2=O)C3=O)C1. The number of fused-ring (bicyclic) bond motifs is 1. The normalized spacial score (nSPS) is 33.1. The lowest BCUT2D eigenvalue weighted by Gasteiger charge is -2.41. The summed E-state index contributed by atoms with van der Waals surface area (Å²) in [6.45, 7) is 3.31. The number of benzene rings is 1. The van der Waals surface area contributed by atoms with Gasteiger partial charge in [-0.1, -0.05) is 6.42 Å². The number of nitriles is 1. The molecule has 2 aliphatic carbocycles. The summed E-state index contributed by atoms with van der Waals surface area (Å²) in [5, 5.41) is 15.3. The van der Waals surface area contributed by atoms with E-state index in [4.69, 9.17) is 4.74 Å². The molecule has 0 bridgehead atoms. The lowest BCUT2D eigenvalue weighted by atomic mass is 9.64. The van der Waals surface area contributed by atoms with Gasteiger partial charge in [0.2, 0.25) is 11.8 Å². The van der Waals surface area contributed by atoms with Crippen LogP contribution < -0.4 is 15.4 Å². The average molecular weight is 465 g/mol. The van der Waals surface area contributed by atoms with E-state index in [0.29, 0.717) is 24.4 Å². The third-order valence-electron chi connectivity index (χ3n) is 7.90. The van der Waals surface area contributed by atoms with Crippen LogP contribution in [0.25, 0.3) is 0 Å². The molecule has 1 unspecified atom stereocenters. The number of carbonyl (C=O) groups excluding carboxylic acids is 3. The Hall–Kier alpha value is -2.92. The monoisotopic (exact) mass is 464 g/mol. The van der Waals surface area contributed by atoms with E-state index in [2.05, 4.69) is 16.7 Å². The van der Waals surface area contributed by atoms with Crippen molar-refractivity contribution >= 4 is 17.7 Å². The van der Waals surface area contributed by atoms with Gasteiger partial charge >= 0.3 is 0 Å². The van der Waals surface area contributed by atoms with E-state index in [-0.39, 0.29) is 35.8 Å². The van der Waals surface area contributed by atoms with Crippen molar-refractivity contribution in [3.8, 4) is 11.8 Å². The molecule has 1 aromatic carbocycles. The molecule has 180 valence electrons. The zero-order valence-electron chi connectivity index (χ0n) is 19.6. The molecule has 1 saturated heterocycles. The van der Waals surface area contributed by atoms with Crippen LogP contribution in [-0.2, 0) is 16.1 Å². The number of ether oxygens (including phenoxy) is 1. The van der Waals surface area contributed by atoms with Crippen LogP contribution in [0.15, 0.2) is 18.2 Å². The molecule has 2 N–H and O–H groups in total. The van der Waals surface area contributed by atoms with Gasteiger partial charge in [0.15, 0.2) is 0 Å². The van der Waals surface area contributed by atoms with Crippen LogP contribution in [0.1, 0.15) is 74.2 Å². The maximum Gasteiger partial charge on any atom is 0.255 e. The van der Waals surface area contributed by atoms with Crippen molar-refractivity contribution in [1.29, 1.82) is 5.26 Å². The van der Waals surface area contributed by atoms with Gasteiger partial charge in [0.1, 0.15) is 17.9 Å². The van der Waals surface area contributed by atoms with Crippen LogP contribution in [0.5, 0.6) is 5.75 Å². The molecule has 8 heteroatoms. The highest BCUT2D eigenvalue weighted by molar-refractivity contribution is 6.05. The zero-order valence-corrected chi connectivity index (χ0v) is 19.6. The molecule has 8 nitrogen and oxygen atoms in total. The van der Waals surface area contributed by atoms with Crippen LogP contribution in [0, 0.1) is 22.7 Å². The highest BCUT2D eigenvalue weighted by Gasteiger charge is 2.41. The molecule has 5 rings (SSSR count). The number of nitrogens with zero attached hydrogens (tertiary/aromatic N) is 2. The second-order valence-corrected chi connectivity index (χ2v) is 10.6. The molecular weight excluding hydrogens is 432 g/mol. The van der Waals surface area contributed by atoms with Crippen molar-refractivity contribution < 1.29 is 19.1 Å². The molecule has 3 amide bonds. The molecule has 4 aliphatic rings. The van der Waals surface area contributed by atoms with E-state index >= 15 is 0 Å². The minimum absolute atomic E-state index is 0.0672. The summed E-state index contributed by atoms with van der Waals surface area (Å²) in [4.78, 5) is 38.2. The summed E-state index contributed by atoms with van der Waals surface area (Å²) in [7, 11) is 0. The number of piperidine rings is 1. The quantitative estimate of drug-likeness (QED) is 0.626. The molecule has 0 radical (unpaired) electrons. The summed E-state index contributed by atoms with van der Waals surface area (Å²) in [5.74, 6) is 0.449. The van der Waals surface area contributed by atoms with Gasteiger partial charge in [0.05, 0.1) is 11.5 Å². The maximum absolute atomic E-state index is 12.9. The number of amides is 3. The van der Waals surface area contributed by atoms with Crippen molar-refractivity contribution in [2.75, 3.05) is 6.54 Å². The van der Waals surface area contributed by atoms with Crippen molar-refractivity contribution in [3.05, 3.63) is 29.3 Å². The van der Waals surface area contributed by atoms with Gasteiger partial charge in [0, 0.05) is 24.6 Å². The Morgan fingerprint density at radius 1 is 1.21 bits per heavy atom. The number of hydrogen-bond acceptors (Lipinski definition) is 6. The Kier molecular flexibility index (Phi) is 6.07. The molecule has 3 fully saturated rings. The van der Waals surface area contributed by atoms with Crippen LogP contribution >= 0.6 is 0 Å². The summed E-state index contributed by atoms with van der Waals surface area (Å²) in [6, 6.07) is 7.66. The average Bonchev–Trinajstić information content (AvgIpc) is 3.12. The Morgan fingerprint density at radius 2 is 2.00 bits per heavy atom.